The molecule has 1 aliphatic heterocycles. The van der Waals surface area contributed by atoms with E-state index in [1.54, 1.807) is 16.2 Å². The smallest absolute Gasteiger partial charge is 0.329 e. The van der Waals surface area contributed by atoms with Gasteiger partial charge in [0.25, 0.3) is 0 Å². The zero-order valence-electron chi connectivity index (χ0n) is 15.8. The summed E-state index contributed by atoms with van der Waals surface area (Å²) in [5.74, 6) is -0.693. The number of nitrogens with zero attached hydrogens (tertiary/aromatic N) is 1. The molecule has 142 valence electrons. The van der Waals surface area contributed by atoms with Crippen LogP contribution < -0.4 is 4.90 Å². The topological polar surface area (TPSA) is 46.6 Å². The summed E-state index contributed by atoms with van der Waals surface area (Å²) in [6.45, 7) is 2.03. The maximum absolute atomic E-state index is 13.1. The molecular formula is C23H21NO3S. The lowest BCUT2D eigenvalue weighted by Crippen LogP contribution is -2.42. The van der Waals surface area contributed by atoms with Gasteiger partial charge in [-0.05, 0) is 36.1 Å². The number of carbonyl (C=O) groups is 2. The van der Waals surface area contributed by atoms with Crippen LogP contribution in [0.25, 0.3) is 10.4 Å². The first-order valence-electron chi connectivity index (χ1n) is 9.19. The molecule has 1 fully saturated rings. The largest absolute Gasteiger partial charge is 0.467 e. The number of ether oxygens (including phenoxy) is 1. The molecular weight excluding hydrogens is 370 g/mol. The van der Waals surface area contributed by atoms with Gasteiger partial charge in [0, 0.05) is 22.8 Å². The van der Waals surface area contributed by atoms with Gasteiger partial charge in [-0.15, -0.1) is 11.3 Å². The van der Waals surface area contributed by atoms with Crippen molar-refractivity contribution in [2.24, 2.45) is 0 Å². The number of hydrogen-bond acceptors (Lipinski definition) is 4. The predicted octanol–water partition coefficient (Wildman–Crippen LogP) is 4.79. The van der Waals surface area contributed by atoms with Crippen molar-refractivity contribution in [1.29, 1.82) is 0 Å². The third-order valence-corrected chi connectivity index (χ3v) is 6.09. The third kappa shape index (κ3) is 3.22. The maximum Gasteiger partial charge on any atom is 0.329 e. The molecule has 0 bridgehead atoms. The van der Waals surface area contributed by atoms with Crippen LogP contribution in [0.15, 0.2) is 66.0 Å². The van der Waals surface area contributed by atoms with E-state index in [0.717, 1.165) is 27.3 Å². The monoisotopic (exact) mass is 391 g/mol. The lowest BCUT2D eigenvalue weighted by Gasteiger charge is -2.28. The molecule has 0 spiro atoms. The highest BCUT2D eigenvalue weighted by molar-refractivity contribution is 7.13. The first-order chi connectivity index (χ1) is 13.6. The van der Waals surface area contributed by atoms with Crippen molar-refractivity contribution >= 4 is 28.9 Å². The number of thiophene rings is 1. The van der Waals surface area contributed by atoms with Crippen molar-refractivity contribution in [3.63, 3.8) is 0 Å². The van der Waals surface area contributed by atoms with Gasteiger partial charge in [-0.3, -0.25) is 9.69 Å². The van der Waals surface area contributed by atoms with Crippen LogP contribution in [0.1, 0.15) is 23.5 Å². The van der Waals surface area contributed by atoms with Gasteiger partial charge in [0.2, 0.25) is 5.91 Å². The van der Waals surface area contributed by atoms with Gasteiger partial charge in [-0.1, -0.05) is 48.0 Å². The number of aryl methyl sites for hydroxylation is 1. The highest BCUT2D eigenvalue weighted by atomic mass is 32.1. The minimum Gasteiger partial charge on any atom is -0.467 e. The van der Waals surface area contributed by atoms with Crippen molar-refractivity contribution in [3.05, 3.63) is 77.2 Å². The standard InChI is InChI=1S/C23H21NO3S/c1-15-10-11-19(18(13-15)20-9-6-12-28-20)24-21(25)14-17(22(24)23(26)27-2)16-7-4-3-5-8-16/h3-13,17,22H,14H2,1-2H3/t17-,22-/m1/s1. The van der Waals surface area contributed by atoms with E-state index < -0.39 is 12.0 Å². The first kappa shape index (κ1) is 18.4. The van der Waals surface area contributed by atoms with E-state index in [0.29, 0.717) is 0 Å². The van der Waals surface area contributed by atoms with E-state index >= 15 is 0 Å². The number of hydrogen-bond donors (Lipinski definition) is 0. The molecule has 1 amide bonds. The lowest BCUT2D eigenvalue weighted by molar-refractivity contribution is -0.142. The third-order valence-electron chi connectivity index (χ3n) is 5.19. The van der Waals surface area contributed by atoms with Crippen molar-refractivity contribution < 1.29 is 14.3 Å². The molecule has 0 saturated carbocycles. The Morgan fingerprint density at radius 2 is 1.89 bits per heavy atom. The number of anilines is 1. The number of benzene rings is 2. The molecule has 1 aliphatic rings. The summed E-state index contributed by atoms with van der Waals surface area (Å²) in [7, 11) is 1.38. The fourth-order valence-corrected chi connectivity index (χ4v) is 4.65. The summed E-state index contributed by atoms with van der Waals surface area (Å²) in [5, 5.41) is 2.01. The van der Waals surface area contributed by atoms with Gasteiger partial charge in [0.15, 0.2) is 0 Å². The molecule has 0 unspecified atom stereocenters. The Balaban J connectivity index is 1.85. The van der Waals surface area contributed by atoms with E-state index in [-0.39, 0.29) is 18.2 Å². The fraction of sp³-hybridized carbons (Fsp3) is 0.217. The molecule has 0 aliphatic carbocycles. The van der Waals surface area contributed by atoms with Gasteiger partial charge >= 0.3 is 5.97 Å². The average molecular weight is 391 g/mol. The van der Waals surface area contributed by atoms with Crippen LogP contribution in [0.2, 0.25) is 0 Å². The molecule has 3 aromatic rings. The Hall–Kier alpha value is -2.92. The average Bonchev–Trinajstić information content (AvgIpc) is 3.36. The molecule has 2 heterocycles. The molecule has 4 rings (SSSR count). The molecule has 4 nitrogen and oxygen atoms in total. The van der Waals surface area contributed by atoms with Gasteiger partial charge < -0.3 is 4.74 Å². The number of methoxy groups -OCH3 is 1. The van der Waals surface area contributed by atoms with E-state index in [4.69, 9.17) is 4.74 Å². The Kier molecular flexibility index (Phi) is 5.01. The van der Waals surface area contributed by atoms with Crippen LogP contribution >= 0.6 is 11.3 Å². The summed E-state index contributed by atoms with van der Waals surface area (Å²) < 4.78 is 5.11. The van der Waals surface area contributed by atoms with Crippen LogP contribution in [-0.4, -0.2) is 25.0 Å². The highest BCUT2D eigenvalue weighted by Crippen LogP contribution is 2.43. The van der Waals surface area contributed by atoms with Crippen LogP contribution in [0.5, 0.6) is 0 Å². The number of rotatable bonds is 4. The van der Waals surface area contributed by atoms with Gasteiger partial charge in [-0.2, -0.15) is 0 Å². The van der Waals surface area contributed by atoms with Crippen LogP contribution in [-0.2, 0) is 14.3 Å². The second kappa shape index (κ2) is 7.60. The Bertz CT molecular complexity index is 998. The minimum atomic E-state index is -0.679. The van der Waals surface area contributed by atoms with Crippen LogP contribution in [0, 0.1) is 6.92 Å². The Morgan fingerprint density at radius 3 is 2.57 bits per heavy atom. The van der Waals surface area contributed by atoms with Gasteiger partial charge in [0.05, 0.1) is 12.8 Å². The van der Waals surface area contributed by atoms with E-state index in [1.165, 1.54) is 7.11 Å². The summed E-state index contributed by atoms with van der Waals surface area (Å²) in [6, 6.07) is 19.0. The van der Waals surface area contributed by atoms with E-state index in [1.807, 2.05) is 66.9 Å². The molecule has 5 heteroatoms. The Morgan fingerprint density at radius 1 is 1.11 bits per heavy atom. The Labute approximate surface area is 168 Å². The van der Waals surface area contributed by atoms with E-state index in [9.17, 15) is 9.59 Å². The predicted molar refractivity (Wildman–Crippen MR) is 112 cm³/mol. The van der Waals surface area contributed by atoms with E-state index in [2.05, 4.69) is 6.07 Å². The molecule has 0 N–H and O–H groups in total. The number of amides is 1. The molecule has 2 atom stereocenters. The van der Waals surface area contributed by atoms with Crippen molar-refractivity contribution in [3.8, 4) is 10.4 Å². The summed E-state index contributed by atoms with van der Waals surface area (Å²) in [5.41, 5.74) is 3.80. The second-order valence-electron chi connectivity index (χ2n) is 6.95. The molecule has 2 aromatic carbocycles. The number of carbonyl (C=O) groups excluding carboxylic acids is 2. The van der Waals surface area contributed by atoms with Crippen LogP contribution in [0.3, 0.4) is 0 Å². The molecule has 1 saturated heterocycles. The number of esters is 1. The molecule has 28 heavy (non-hydrogen) atoms. The van der Waals surface area contributed by atoms with Gasteiger partial charge in [0.1, 0.15) is 6.04 Å². The first-order valence-corrected chi connectivity index (χ1v) is 10.1. The zero-order valence-corrected chi connectivity index (χ0v) is 16.6. The molecule has 0 radical (unpaired) electrons. The summed E-state index contributed by atoms with van der Waals surface area (Å²) >= 11 is 1.62. The van der Waals surface area contributed by atoms with Crippen molar-refractivity contribution in [1.82, 2.24) is 0 Å². The minimum absolute atomic E-state index is 0.0640. The lowest BCUT2D eigenvalue weighted by atomic mass is 9.91. The fourth-order valence-electron chi connectivity index (χ4n) is 3.90. The SMILES string of the molecule is COC(=O)[C@H]1[C@@H](c2ccccc2)CC(=O)N1c1ccc(C)cc1-c1cccs1. The summed E-state index contributed by atoms with van der Waals surface area (Å²) in [6.07, 6.45) is 0.279. The van der Waals surface area contributed by atoms with Crippen LogP contribution in [0.4, 0.5) is 5.69 Å². The van der Waals surface area contributed by atoms with Gasteiger partial charge in [-0.25, -0.2) is 4.79 Å². The molecule has 1 aromatic heterocycles. The van der Waals surface area contributed by atoms with Crippen molar-refractivity contribution in [2.45, 2.75) is 25.3 Å². The maximum atomic E-state index is 13.1. The summed E-state index contributed by atoms with van der Waals surface area (Å²) in [4.78, 5) is 28.6. The quantitative estimate of drug-likeness (QED) is 0.601. The van der Waals surface area contributed by atoms with Crippen molar-refractivity contribution in [2.75, 3.05) is 12.0 Å². The zero-order chi connectivity index (χ0) is 19.7. The highest BCUT2D eigenvalue weighted by Gasteiger charge is 2.47. The second-order valence-corrected chi connectivity index (χ2v) is 7.90. The normalized spacial score (nSPS) is 19.1.